The SMILES string of the molecule is O.O.O.O.O=S(=O)([O-])[S-].O=S(=O)([O-])[S-].[Au+].[Na+].[Na+].[Na+]. The van der Waals surface area contributed by atoms with Gasteiger partial charge in [-0.1, -0.05) is 0 Å². The number of hydrogen-bond acceptors (Lipinski definition) is 8. The molecule has 8 N–H and O–H groups in total. The molecule has 0 atom stereocenters. The van der Waals surface area contributed by atoms with Crippen LogP contribution in [0, 0.1) is 0 Å². The van der Waals surface area contributed by atoms with Gasteiger partial charge in [0.25, 0.3) is 0 Å². The molecule has 0 amide bonds. The molecule has 10 nitrogen and oxygen atoms in total. The summed E-state index contributed by atoms with van der Waals surface area (Å²) in [6.07, 6.45) is 0. The first-order valence-corrected chi connectivity index (χ1v) is 6.00. The average molecular weight is 562 g/mol. The molecule has 0 aliphatic rings. The molecule has 0 unspecified atom stereocenters. The predicted octanol–water partition coefficient (Wildman–Crippen LogP) is -14.3. The molecule has 18 heavy (non-hydrogen) atoms. The second kappa shape index (κ2) is 32.9. The van der Waals surface area contributed by atoms with Gasteiger partial charge in [-0.05, 0) is 18.3 Å². The Morgan fingerprint density at radius 3 is 0.611 bits per heavy atom. The molecule has 0 spiro atoms. The van der Waals surface area contributed by atoms with Gasteiger partial charge in [0.1, 0.15) is 0 Å². The summed E-state index contributed by atoms with van der Waals surface area (Å²) >= 11 is 6.49. The van der Waals surface area contributed by atoms with Crippen molar-refractivity contribution in [2.24, 2.45) is 0 Å². The Morgan fingerprint density at radius 1 is 0.611 bits per heavy atom. The number of hydrogen-bond donors (Lipinski definition) is 0. The van der Waals surface area contributed by atoms with Crippen molar-refractivity contribution in [3.05, 3.63) is 0 Å². The van der Waals surface area contributed by atoms with Crippen LogP contribution < -0.4 is 88.7 Å². The third-order valence-corrected chi connectivity index (χ3v) is 0. The molecule has 0 saturated carbocycles. The smallest absolute Gasteiger partial charge is 0.768 e. The molecule has 0 heterocycles. The maximum Gasteiger partial charge on any atom is 1.00 e. The summed E-state index contributed by atoms with van der Waals surface area (Å²) in [6.45, 7) is 0. The zero-order valence-electron chi connectivity index (χ0n) is 9.38. The van der Waals surface area contributed by atoms with E-state index in [1.807, 2.05) is 0 Å². The molecule has 0 aromatic carbocycles. The Morgan fingerprint density at radius 2 is 0.611 bits per heavy atom. The van der Waals surface area contributed by atoms with Crippen LogP contribution in [-0.2, 0) is 64.0 Å². The second-order valence-corrected chi connectivity index (χ2v) is 4.90. The second-order valence-electron chi connectivity index (χ2n) is 0.816. The number of rotatable bonds is 0. The van der Waals surface area contributed by atoms with Crippen LogP contribution in [0.1, 0.15) is 0 Å². The van der Waals surface area contributed by atoms with Gasteiger partial charge in [-0.25, -0.2) is 0 Å². The fourth-order valence-corrected chi connectivity index (χ4v) is 0. The molecule has 0 bridgehead atoms. The third-order valence-electron chi connectivity index (χ3n) is 0. The van der Waals surface area contributed by atoms with Crippen LogP contribution in [0.15, 0.2) is 0 Å². The zero-order valence-corrected chi connectivity index (χ0v) is 20.8. The predicted molar refractivity (Wildman–Crippen MR) is 48.6 cm³/mol. The van der Waals surface area contributed by atoms with E-state index >= 15 is 0 Å². The van der Waals surface area contributed by atoms with E-state index in [9.17, 15) is 0 Å². The van der Waals surface area contributed by atoms with Crippen LogP contribution in [0.25, 0.3) is 0 Å². The van der Waals surface area contributed by atoms with E-state index in [1.165, 1.54) is 0 Å². The maximum atomic E-state index is 8.89. The summed E-state index contributed by atoms with van der Waals surface area (Å²) in [5.41, 5.74) is 0. The van der Waals surface area contributed by atoms with Crippen molar-refractivity contribution in [1.29, 1.82) is 0 Å². The van der Waals surface area contributed by atoms with Crippen LogP contribution in [0.4, 0.5) is 0 Å². The van der Waals surface area contributed by atoms with Gasteiger partial charge in [-0.2, -0.15) is 0 Å². The van der Waals surface area contributed by atoms with Crippen LogP contribution >= 0.6 is 0 Å². The minimum absolute atomic E-state index is 0. The van der Waals surface area contributed by atoms with E-state index in [0.29, 0.717) is 0 Å². The molecule has 18 heteroatoms. The van der Waals surface area contributed by atoms with E-state index in [4.69, 9.17) is 25.9 Å². The van der Waals surface area contributed by atoms with Gasteiger partial charge in [0.05, 0.1) is 0 Å². The Kier molecular flexibility index (Phi) is 123. The first kappa shape index (κ1) is 67.2. The summed E-state index contributed by atoms with van der Waals surface area (Å²) in [4.78, 5) is 0. The molecule has 0 saturated heterocycles. The summed E-state index contributed by atoms with van der Waals surface area (Å²) in [7, 11) is -8.67. The molecule has 0 aliphatic carbocycles. The molecule has 0 radical (unpaired) electrons. The monoisotopic (exact) mass is 562 g/mol. The van der Waals surface area contributed by atoms with Gasteiger partial charge in [-0.15, -0.1) is 0 Å². The van der Waals surface area contributed by atoms with Gasteiger partial charge in [-0.3, -0.25) is 16.8 Å². The molecule has 0 aromatic rings. The van der Waals surface area contributed by atoms with Crippen molar-refractivity contribution < 1.29 is 159 Å². The van der Waals surface area contributed by atoms with E-state index in [-0.39, 0.29) is 133 Å². The Labute approximate surface area is 197 Å². The van der Waals surface area contributed by atoms with Crippen molar-refractivity contribution in [2.75, 3.05) is 0 Å². The summed E-state index contributed by atoms with van der Waals surface area (Å²) in [6, 6.07) is 0. The van der Waals surface area contributed by atoms with Gasteiger partial charge in [0.2, 0.25) is 0 Å². The largest absolute Gasteiger partial charge is 1.00 e. The first-order valence-electron chi connectivity index (χ1n) is 1.33. The van der Waals surface area contributed by atoms with E-state index < -0.39 is 18.3 Å². The molecular formula is H8AuNa3O10S4. The van der Waals surface area contributed by atoms with E-state index in [2.05, 4.69) is 23.3 Å². The summed E-state index contributed by atoms with van der Waals surface area (Å²) in [5.74, 6) is 0. The minimum atomic E-state index is -4.33. The van der Waals surface area contributed by atoms with Crippen molar-refractivity contribution in [2.45, 2.75) is 0 Å². The Bertz CT molecular complexity index is 225. The zero-order chi connectivity index (χ0) is 9.00. The van der Waals surface area contributed by atoms with Crippen LogP contribution in [0.2, 0.25) is 0 Å². The van der Waals surface area contributed by atoms with Crippen LogP contribution in [-0.4, -0.2) is 47.8 Å². The average Bonchev–Trinajstić information content (AvgIpc) is 1.12. The standard InChI is InChI=1S/Au.3Na.2H2O3S2.4H2O/c;;;;2*1-5(2,3)4;;;;/h;;;;2*(H2,1,2,3,4);4*1H2/q4*+1;;;;;;/p-4. The van der Waals surface area contributed by atoms with E-state index in [1.54, 1.807) is 0 Å². The summed E-state index contributed by atoms with van der Waals surface area (Å²) in [5, 5.41) is 0. The van der Waals surface area contributed by atoms with Crippen LogP contribution in [0.5, 0.6) is 0 Å². The fourth-order valence-electron chi connectivity index (χ4n) is 0. The van der Waals surface area contributed by atoms with Crippen molar-refractivity contribution in [3.63, 3.8) is 0 Å². The molecule has 0 aromatic heterocycles. The molecule has 106 valence electrons. The van der Waals surface area contributed by atoms with Gasteiger partial charge in [0, 0.05) is 0 Å². The molecular weight excluding hydrogens is 554 g/mol. The molecule has 0 fully saturated rings. The molecule has 0 rings (SSSR count). The van der Waals surface area contributed by atoms with Gasteiger partial charge in [0.15, 0.2) is 0 Å². The first-order chi connectivity index (χ1) is 4.00. The quantitative estimate of drug-likeness (QED) is 0.119. The van der Waals surface area contributed by atoms with Gasteiger partial charge < -0.3 is 54.3 Å². The third kappa shape index (κ3) is 436. The van der Waals surface area contributed by atoms with Crippen LogP contribution in [0.3, 0.4) is 0 Å². The maximum absolute atomic E-state index is 8.89. The van der Waals surface area contributed by atoms with Crippen molar-refractivity contribution >= 4 is 41.6 Å². The Balaban J connectivity index is -0.00000000615. The van der Waals surface area contributed by atoms with Gasteiger partial charge >= 0.3 is 111 Å². The fraction of sp³-hybridized carbons (Fsp3) is 0. The van der Waals surface area contributed by atoms with Crippen molar-refractivity contribution in [1.82, 2.24) is 0 Å². The Hall–Kier alpha value is 4.10. The molecule has 0 aliphatic heterocycles. The van der Waals surface area contributed by atoms with E-state index in [0.717, 1.165) is 0 Å². The summed E-state index contributed by atoms with van der Waals surface area (Å²) < 4.78 is 53.3. The normalized spacial score (nSPS) is 6.44. The minimum Gasteiger partial charge on any atom is -0.768 e. The van der Waals surface area contributed by atoms with Crippen molar-refractivity contribution in [3.8, 4) is 0 Å². The topological polar surface area (TPSA) is 240 Å².